The number of hydrogen-bond acceptors (Lipinski definition) is 6. The molecule has 0 amide bonds. The van der Waals surface area contributed by atoms with Crippen molar-refractivity contribution in [3.63, 3.8) is 0 Å². The van der Waals surface area contributed by atoms with Gasteiger partial charge in [0.05, 0.1) is 0 Å². The molecule has 0 atom stereocenters. The molecule has 0 aromatic heterocycles. The fourth-order valence-corrected chi connectivity index (χ4v) is 11.9. The van der Waals surface area contributed by atoms with Gasteiger partial charge >= 0.3 is 21.7 Å². The number of carbonyl (C=O) groups excluding carboxylic acids is 2. The molecule has 0 fully saturated rings. The van der Waals surface area contributed by atoms with Gasteiger partial charge in [0.1, 0.15) is 22.3 Å². The van der Waals surface area contributed by atoms with Crippen molar-refractivity contribution in [2.24, 2.45) is 0 Å². The van der Waals surface area contributed by atoms with Crippen LogP contribution in [0, 0.1) is 27.7 Å². The first kappa shape index (κ1) is 64.1. The first-order valence-electron chi connectivity index (χ1n) is 29.2. The average molecular weight is 1160 g/mol. The summed E-state index contributed by atoms with van der Waals surface area (Å²) in [7, 11) is 4.06. The number of phenols is 2. The molecule has 0 bridgehead atoms. The number of fused-ring (bicyclic) bond motifs is 6. The van der Waals surface area contributed by atoms with Crippen molar-refractivity contribution in [2.45, 2.75) is 65.5 Å². The third-order valence-electron chi connectivity index (χ3n) is 15.5. The fraction of sp³-hybridized carbons (Fsp3) is 0.179. The molecule has 0 heterocycles. The van der Waals surface area contributed by atoms with Crippen LogP contribution in [-0.4, -0.2) is 58.8 Å². The maximum atomic E-state index is 15.5. The Labute approximate surface area is 520 Å². The third kappa shape index (κ3) is 13.1. The van der Waals surface area contributed by atoms with Gasteiger partial charge in [0.15, 0.2) is 11.6 Å². The number of hydrogen-bond donors (Lipinski definition) is 2. The van der Waals surface area contributed by atoms with E-state index < -0.39 is 10.8 Å². The fourth-order valence-electron chi connectivity index (χ4n) is 11.9. The summed E-state index contributed by atoms with van der Waals surface area (Å²) >= 11 is 0. The second-order valence-electron chi connectivity index (χ2n) is 21.2. The van der Waals surface area contributed by atoms with Crippen molar-refractivity contribution in [2.75, 3.05) is 27.2 Å². The van der Waals surface area contributed by atoms with Gasteiger partial charge in [0.25, 0.3) is 0 Å². The largest absolute Gasteiger partial charge is 4.00 e. The molecule has 12 rings (SSSR count). The number of carbonyl (C=O) groups is 2. The molecule has 0 spiro atoms. The van der Waals surface area contributed by atoms with Crippen molar-refractivity contribution < 1.29 is 41.5 Å². The Morgan fingerprint density at radius 3 is 0.929 bits per heavy atom. The predicted octanol–water partition coefficient (Wildman–Crippen LogP) is 17.5. The summed E-state index contributed by atoms with van der Waals surface area (Å²) in [6.07, 6.45) is 0. The number of ketones is 2. The molecule has 0 unspecified atom stereocenters. The molecule has 2 aliphatic rings. The molecule has 2 N–H and O–H groups in total. The van der Waals surface area contributed by atoms with Gasteiger partial charge in [-0.1, -0.05) is 233 Å². The summed E-state index contributed by atoms with van der Waals surface area (Å²) in [6.45, 7) is 21.4. The van der Waals surface area contributed by atoms with Gasteiger partial charge < -0.3 is 15.1 Å². The Balaban J connectivity index is 0.000000472. The molecule has 85 heavy (non-hydrogen) atoms. The van der Waals surface area contributed by atoms with Crippen LogP contribution in [0.2, 0.25) is 0 Å². The van der Waals surface area contributed by atoms with Gasteiger partial charge in [-0.05, 0) is 72.5 Å². The number of benzene rings is 10. The Hall–Kier alpha value is -8.49. The second-order valence-corrected chi connectivity index (χ2v) is 21.2. The van der Waals surface area contributed by atoms with E-state index in [0.29, 0.717) is 59.6 Å². The summed E-state index contributed by atoms with van der Waals surface area (Å²) in [5.74, 6) is -0.0925. The van der Waals surface area contributed by atoms with Gasteiger partial charge in [0.2, 0.25) is 0 Å². The minimum Gasteiger partial charge on any atom is -0.507 e. The van der Waals surface area contributed by atoms with E-state index >= 15 is 9.59 Å². The van der Waals surface area contributed by atoms with E-state index in [1.165, 1.54) is 0 Å². The van der Waals surface area contributed by atoms with Crippen LogP contribution in [0.25, 0.3) is 22.3 Å². The number of phenolic OH excluding ortho intramolecular Hbond substituents is 2. The zero-order chi connectivity index (χ0) is 60.0. The van der Waals surface area contributed by atoms with Crippen LogP contribution in [0.1, 0.15) is 115 Å². The summed E-state index contributed by atoms with van der Waals surface area (Å²) in [5, 5.41) is 25.8. The maximum Gasteiger partial charge on any atom is 4.00 e. The summed E-state index contributed by atoms with van der Waals surface area (Å²) < 4.78 is 0. The molecular formula is C78H78N2O4Ti+2. The van der Waals surface area contributed by atoms with Crippen LogP contribution in [0.15, 0.2) is 243 Å². The number of nitrogens with zero attached hydrogens (tertiary/aromatic N) is 2. The topological polar surface area (TPSA) is 81.1 Å². The van der Waals surface area contributed by atoms with Crippen LogP contribution in [-0.2, 0) is 45.6 Å². The maximum absolute atomic E-state index is 15.5. The zero-order valence-corrected chi connectivity index (χ0v) is 52.0. The van der Waals surface area contributed by atoms with Gasteiger partial charge in [-0.2, -0.15) is 49.2 Å². The van der Waals surface area contributed by atoms with E-state index in [2.05, 4.69) is 47.9 Å². The standard InChI is InChI=1S/C60H52N2O4.2C7H7.2C2H6.Ti/c1-39-33-43(55(63)53(35-39)59(57(65)41-19-7-5-8-20-41)49-27-15-11-23-45(49)46-24-12-16-28-50(46)59)37-62(32-31-61(3)4)38-44-34-40(2)36-54(56(44)64)60(58(66)42-21-9-6-10-22-42)51-29-17-13-25-47(51)48-26-14-18-30-52(48)60;2*1-7-5-3-2-4-6-7;2*1-2;/h5-30,33-36,63-64H,31-32,37-38H2,1-4H3;2*2-6H,1H2;2*1-2H3;/q;2*-1;;;+4. The zero-order valence-electron chi connectivity index (χ0n) is 50.4. The van der Waals surface area contributed by atoms with Crippen LogP contribution < -0.4 is 0 Å². The quantitative estimate of drug-likeness (QED) is 0.0680. The molecule has 0 aliphatic heterocycles. The van der Waals surface area contributed by atoms with Crippen molar-refractivity contribution in [3.8, 4) is 33.8 Å². The minimum atomic E-state index is -1.33. The third-order valence-corrected chi connectivity index (χ3v) is 15.5. The number of aromatic hydroxyl groups is 2. The van der Waals surface area contributed by atoms with Crippen molar-refractivity contribution in [1.82, 2.24) is 9.80 Å². The van der Waals surface area contributed by atoms with Crippen LogP contribution in [0.4, 0.5) is 0 Å². The smallest absolute Gasteiger partial charge is 0.507 e. The van der Waals surface area contributed by atoms with Crippen LogP contribution in [0.3, 0.4) is 0 Å². The van der Waals surface area contributed by atoms with Crippen molar-refractivity contribution in [1.29, 1.82) is 0 Å². The summed E-state index contributed by atoms with van der Waals surface area (Å²) in [5.41, 5.74) is 12.1. The van der Waals surface area contributed by atoms with E-state index in [1.54, 1.807) is 0 Å². The molecule has 2 aliphatic carbocycles. The van der Waals surface area contributed by atoms with Gasteiger partial charge in [-0.25, -0.2) is 0 Å². The normalized spacial score (nSPS) is 12.3. The van der Waals surface area contributed by atoms with E-state index in [-0.39, 0.29) is 44.8 Å². The Kier molecular flexibility index (Phi) is 22.1. The second kappa shape index (κ2) is 29.4. The molecule has 10 aromatic carbocycles. The number of Topliss-reactive ketones (excluding diaryl/α,β-unsaturated/α-hetero) is 2. The minimum absolute atomic E-state index is 0. The predicted molar refractivity (Wildman–Crippen MR) is 348 cm³/mol. The monoisotopic (exact) mass is 1150 g/mol. The van der Waals surface area contributed by atoms with E-state index in [4.69, 9.17) is 0 Å². The molecule has 426 valence electrons. The van der Waals surface area contributed by atoms with Gasteiger partial charge in [-0.3, -0.25) is 14.5 Å². The Morgan fingerprint density at radius 1 is 0.388 bits per heavy atom. The average Bonchev–Trinajstić information content (AvgIpc) is 1.63. The molecule has 0 saturated carbocycles. The van der Waals surface area contributed by atoms with E-state index in [0.717, 1.165) is 66.8 Å². The number of likely N-dealkylation sites (N-methyl/N-ethyl adjacent to an activating group) is 1. The molecule has 6 nitrogen and oxygen atoms in total. The first-order valence-corrected chi connectivity index (χ1v) is 29.2. The van der Waals surface area contributed by atoms with Crippen LogP contribution >= 0.6 is 0 Å². The molecular weight excluding hydrogens is 1080 g/mol. The first-order chi connectivity index (χ1) is 40.8. The summed E-state index contributed by atoms with van der Waals surface area (Å²) in [4.78, 5) is 35.3. The summed E-state index contributed by atoms with van der Waals surface area (Å²) in [6, 6.07) is 78.7. The van der Waals surface area contributed by atoms with Gasteiger partial charge in [-0.15, -0.1) is 24.3 Å². The van der Waals surface area contributed by atoms with Crippen molar-refractivity contribution in [3.05, 3.63) is 334 Å². The Morgan fingerprint density at radius 2 is 0.659 bits per heavy atom. The molecule has 10 aromatic rings. The van der Waals surface area contributed by atoms with E-state index in [1.807, 2.05) is 274 Å². The number of rotatable bonds is 13. The SMILES string of the molecule is CC.CC.Cc1cc(CN(CCN(C)C)Cc2cc(C)cc(C3(C(=O)c4ccccc4)c4ccccc4-c4ccccc43)c2O)c(O)c(C2(C(=O)c3ccccc3)c3ccccc3-c3ccccc32)c1.[CH2-]c1ccccc1.[CH2-]c1ccccc1.[Ti+4]. The van der Waals surface area contributed by atoms with Crippen molar-refractivity contribution >= 4 is 11.6 Å². The Bertz CT molecular complexity index is 3490. The molecule has 0 radical (unpaired) electrons. The number of aryl methyl sites for hydroxylation is 2. The van der Waals surface area contributed by atoms with E-state index in [9.17, 15) is 10.2 Å². The van der Waals surface area contributed by atoms with Gasteiger partial charge in [0, 0.05) is 59.6 Å². The van der Waals surface area contributed by atoms with Crippen LogP contribution in [0.5, 0.6) is 11.5 Å². The molecule has 0 saturated heterocycles. The molecule has 7 heteroatoms.